The van der Waals surface area contributed by atoms with E-state index in [-0.39, 0.29) is 35.1 Å². The second-order valence-electron chi connectivity index (χ2n) is 10.3. The number of benzene rings is 3. The van der Waals surface area contributed by atoms with Crippen LogP contribution in [0, 0.1) is 11.8 Å². The average molecular weight is 564 g/mol. The molecule has 2 N–H and O–H groups in total. The number of carbonyl (C=O) groups excluding carboxylic acids is 3. The Kier molecular flexibility index (Phi) is 9.58. The standard InChI is InChI=1S/C31H37N3O5S/c1-3-34(4-2)31(37)28(20-22-14-17-26(18-15-22)32-29(35)24-11-6-5-7-12-24)30(36)33-40(38,39)27-19-16-23-10-8-9-13-25(23)21-27/h5-13,16,19,21-22,26,28H,3-4,14-15,17-18,20H2,1-2H3,(H,32,35)(H,33,36)/t22-,26+,28?. The Balaban J connectivity index is 1.44. The minimum atomic E-state index is -4.18. The van der Waals surface area contributed by atoms with Crippen molar-refractivity contribution in [3.63, 3.8) is 0 Å². The number of carbonyl (C=O) groups is 3. The molecule has 1 unspecified atom stereocenters. The summed E-state index contributed by atoms with van der Waals surface area (Å²) in [5.74, 6) is -2.34. The van der Waals surface area contributed by atoms with E-state index in [0.29, 0.717) is 18.7 Å². The largest absolute Gasteiger partial charge is 0.349 e. The van der Waals surface area contributed by atoms with Gasteiger partial charge in [0.2, 0.25) is 11.8 Å². The Bertz CT molecular complexity index is 1450. The number of amides is 3. The highest BCUT2D eigenvalue weighted by atomic mass is 32.2. The fraction of sp³-hybridized carbons (Fsp3) is 0.387. The van der Waals surface area contributed by atoms with Crippen molar-refractivity contribution in [3.8, 4) is 0 Å². The van der Waals surface area contributed by atoms with E-state index in [1.807, 2.05) is 56.3 Å². The van der Waals surface area contributed by atoms with Gasteiger partial charge in [0, 0.05) is 24.7 Å². The lowest BCUT2D eigenvalue weighted by atomic mass is 9.80. The van der Waals surface area contributed by atoms with Crippen LogP contribution < -0.4 is 10.0 Å². The van der Waals surface area contributed by atoms with Crippen LogP contribution in [0.2, 0.25) is 0 Å². The van der Waals surface area contributed by atoms with E-state index < -0.39 is 21.8 Å². The third kappa shape index (κ3) is 7.07. The van der Waals surface area contributed by atoms with Gasteiger partial charge in [-0.15, -0.1) is 0 Å². The Morgan fingerprint density at radius 1 is 0.850 bits per heavy atom. The van der Waals surface area contributed by atoms with Gasteiger partial charge in [0.1, 0.15) is 5.92 Å². The Morgan fingerprint density at radius 2 is 1.48 bits per heavy atom. The molecular formula is C31H37N3O5S. The van der Waals surface area contributed by atoms with Crippen molar-refractivity contribution in [2.24, 2.45) is 11.8 Å². The lowest BCUT2D eigenvalue weighted by Crippen LogP contribution is -2.46. The molecule has 3 amide bonds. The average Bonchev–Trinajstić information content (AvgIpc) is 2.97. The summed E-state index contributed by atoms with van der Waals surface area (Å²) < 4.78 is 28.6. The molecule has 0 bridgehead atoms. The van der Waals surface area contributed by atoms with Gasteiger partial charge in [-0.05, 0) is 86.9 Å². The van der Waals surface area contributed by atoms with Crippen LogP contribution >= 0.6 is 0 Å². The van der Waals surface area contributed by atoms with E-state index in [4.69, 9.17) is 0 Å². The van der Waals surface area contributed by atoms with Crippen molar-refractivity contribution in [1.29, 1.82) is 0 Å². The number of nitrogens with one attached hydrogen (secondary N) is 2. The molecule has 8 nitrogen and oxygen atoms in total. The summed E-state index contributed by atoms with van der Waals surface area (Å²) in [7, 11) is -4.18. The fourth-order valence-electron chi connectivity index (χ4n) is 5.41. The third-order valence-electron chi connectivity index (χ3n) is 7.74. The predicted octanol–water partition coefficient (Wildman–Crippen LogP) is 4.51. The molecule has 0 saturated heterocycles. The number of sulfonamides is 1. The lowest BCUT2D eigenvalue weighted by Gasteiger charge is -2.32. The second kappa shape index (κ2) is 13.1. The third-order valence-corrected chi connectivity index (χ3v) is 9.09. The quantitative estimate of drug-likeness (QED) is 0.353. The van der Waals surface area contributed by atoms with E-state index in [2.05, 4.69) is 10.0 Å². The van der Waals surface area contributed by atoms with Crippen molar-refractivity contribution in [2.75, 3.05) is 13.1 Å². The van der Waals surface area contributed by atoms with Gasteiger partial charge in [0.05, 0.1) is 4.90 Å². The summed E-state index contributed by atoms with van der Waals surface area (Å²) in [4.78, 5) is 40.9. The van der Waals surface area contributed by atoms with Crippen LogP contribution in [0.15, 0.2) is 77.7 Å². The van der Waals surface area contributed by atoms with Crippen LogP contribution in [0.4, 0.5) is 0 Å². The van der Waals surface area contributed by atoms with Crippen molar-refractivity contribution in [2.45, 2.75) is 56.9 Å². The zero-order valence-electron chi connectivity index (χ0n) is 23.0. The smallest absolute Gasteiger partial charge is 0.264 e. The van der Waals surface area contributed by atoms with Crippen LogP contribution in [0.1, 0.15) is 56.3 Å². The van der Waals surface area contributed by atoms with E-state index in [0.717, 1.165) is 36.5 Å². The Hall–Kier alpha value is -3.72. The molecule has 1 atom stereocenters. The maximum Gasteiger partial charge on any atom is 0.264 e. The topological polar surface area (TPSA) is 113 Å². The molecule has 0 spiro atoms. The molecule has 1 aliphatic rings. The minimum Gasteiger partial charge on any atom is -0.349 e. The first kappa shape index (κ1) is 29.3. The molecule has 0 radical (unpaired) electrons. The molecule has 0 aromatic heterocycles. The maximum atomic E-state index is 13.4. The molecule has 1 saturated carbocycles. The first-order valence-electron chi connectivity index (χ1n) is 13.9. The monoisotopic (exact) mass is 563 g/mol. The van der Waals surface area contributed by atoms with Gasteiger partial charge < -0.3 is 10.2 Å². The van der Waals surface area contributed by atoms with Gasteiger partial charge in [-0.1, -0.05) is 48.5 Å². The van der Waals surface area contributed by atoms with Crippen molar-refractivity contribution < 1.29 is 22.8 Å². The molecule has 3 aromatic carbocycles. The van der Waals surface area contributed by atoms with Crippen LogP contribution in [-0.4, -0.2) is 50.2 Å². The summed E-state index contributed by atoms with van der Waals surface area (Å²) in [6.07, 6.45) is 3.17. The van der Waals surface area contributed by atoms with Crippen LogP contribution in [-0.2, 0) is 19.6 Å². The van der Waals surface area contributed by atoms with Gasteiger partial charge in [0.25, 0.3) is 15.9 Å². The minimum absolute atomic E-state index is 0.0167. The zero-order chi connectivity index (χ0) is 28.7. The van der Waals surface area contributed by atoms with Crippen molar-refractivity contribution >= 4 is 38.5 Å². The van der Waals surface area contributed by atoms with E-state index in [9.17, 15) is 22.8 Å². The van der Waals surface area contributed by atoms with E-state index >= 15 is 0 Å². The first-order valence-corrected chi connectivity index (χ1v) is 15.4. The van der Waals surface area contributed by atoms with Gasteiger partial charge in [-0.25, -0.2) is 13.1 Å². The molecule has 1 aliphatic carbocycles. The molecule has 9 heteroatoms. The molecule has 0 aliphatic heterocycles. The molecule has 4 rings (SSSR count). The van der Waals surface area contributed by atoms with Crippen molar-refractivity contribution in [1.82, 2.24) is 14.9 Å². The van der Waals surface area contributed by atoms with Crippen LogP contribution in [0.3, 0.4) is 0 Å². The summed E-state index contributed by atoms with van der Waals surface area (Å²) in [5.41, 5.74) is 0.610. The molecule has 40 heavy (non-hydrogen) atoms. The zero-order valence-corrected chi connectivity index (χ0v) is 23.8. The summed E-state index contributed by atoms with van der Waals surface area (Å²) >= 11 is 0. The summed E-state index contributed by atoms with van der Waals surface area (Å²) in [6.45, 7) is 4.52. The van der Waals surface area contributed by atoms with Crippen molar-refractivity contribution in [3.05, 3.63) is 78.4 Å². The Morgan fingerprint density at radius 3 is 2.12 bits per heavy atom. The van der Waals surface area contributed by atoms with Gasteiger partial charge in [-0.3, -0.25) is 14.4 Å². The van der Waals surface area contributed by atoms with Gasteiger partial charge in [-0.2, -0.15) is 0 Å². The number of hydrogen-bond acceptors (Lipinski definition) is 5. The normalized spacial score (nSPS) is 18.1. The van der Waals surface area contributed by atoms with E-state index in [1.165, 1.54) is 12.1 Å². The number of hydrogen-bond donors (Lipinski definition) is 2. The first-order chi connectivity index (χ1) is 19.2. The summed E-state index contributed by atoms with van der Waals surface area (Å²) in [5, 5.41) is 4.71. The molecular weight excluding hydrogens is 526 g/mol. The molecule has 0 heterocycles. The number of fused-ring (bicyclic) bond motifs is 1. The highest BCUT2D eigenvalue weighted by Crippen LogP contribution is 2.31. The predicted molar refractivity (Wildman–Crippen MR) is 155 cm³/mol. The van der Waals surface area contributed by atoms with Crippen LogP contribution in [0.5, 0.6) is 0 Å². The lowest BCUT2D eigenvalue weighted by molar-refractivity contribution is -0.142. The highest BCUT2D eigenvalue weighted by Gasteiger charge is 2.36. The van der Waals surface area contributed by atoms with Gasteiger partial charge >= 0.3 is 0 Å². The Labute approximate surface area is 236 Å². The second-order valence-corrected chi connectivity index (χ2v) is 12.0. The molecule has 3 aromatic rings. The molecule has 1 fully saturated rings. The highest BCUT2D eigenvalue weighted by molar-refractivity contribution is 7.90. The number of rotatable bonds is 10. The fourth-order valence-corrected chi connectivity index (χ4v) is 6.46. The van der Waals surface area contributed by atoms with Crippen LogP contribution in [0.25, 0.3) is 10.8 Å². The number of nitrogens with zero attached hydrogens (tertiary/aromatic N) is 1. The SMILES string of the molecule is CCN(CC)C(=O)C(C[C@H]1CC[C@@H](NC(=O)c2ccccc2)CC1)C(=O)NS(=O)(=O)c1ccc2ccccc2c1. The maximum absolute atomic E-state index is 13.4. The van der Waals surface area contributed by atoms with Gasteiger partial charge in [0.15, 0.2) is 0 Å². The summed E-state index contributed by atoms with van der Waals surface area (Å²) in [6, 6.07) is 21.1. The van der Waals surface area contributed by atoms with E-state index in [1.54, 1.807) is 23.1 Å². The molecule has 212 valence electrons.